The highest BCUT2D eigenvalue weighted by molar-refractivity contribution is 7.91. The van der Waals surface area contributed by atoms with Crippen LogP contribution in [0.2, 0.25) is 0 Å². The molecule has 0 saturated carbocycles. The quantitative estimate of drug-likeness (QED) is 0.748. The first-order valence-corrected chi connectivity index (χ1v) is 10.2. The SMILES string of the molecule is CCNC(=O)C(=O)NC[C@H](c1cccs1)S(=O)(=O)c1ccc(C)cc1. The van der Waals surface area contributed by atoms with Crippen molar-refractivity contribution in [1.82, 2.24) is 10.6 Å². The second-order valence-corrected chi connectivity index (χ2v) is 8.54. The number of sulfone groups is 1. The molecule has 2 aromatic rings. The highest BCUT2D eigenvalue weighted by atomic mass is 32.2. The summed E-state index contributed by atoms with van der Waals surface area (Å²) in [4.78, 5) is 24.1. The highest BCUT2D eigenvalue weighted by Crippen LogP contribution is 2.31. The Labute approximate surface area is 151 Å². The van der Waals surface area contributed by atoms with E-state index in [9.17, 15) is 18.0 Å². The Kier molecular flexibility index (Phi) is 6.33. The van der Waals surface area contributed by atoms with E-state index >= 15 is 0 Å². The van der Waals surface area contributed by atoms with Crippen molar-refractivity contribution >= 4 is 33.0 Å². The summed E-state index contributed by atoms with van der Waals surface area (Å²) in [6, 6.07) is 10.0. The Bertz CT molecular complexity index is 828. The molecule has 6 nitrogen and oxygen atoms in total. The van der Waals surface area contributed by atoms with Gasteiger partial charge in [-0.1, -0.05) is 23.8 Å². The summed E-state index contributed by atoms with van der Waals surface area (Å²) in [6.45, 7) is 3.72. The van der Waals surface area contributed by atoms with Gasteiger partial charge >= 0.3 is 11.8 Å². The molecular formula is C17H20N2O4S2. The Morgan fingerprint density at radius 2 is 1.72 bits per heavy atom. The monoisotopic (exact) mass is 380 g/mol. The molecule has 2 amide bonds. The van der Waals surface area contributed by atoms with Gasteiger partial charge in [0.25, 0.3) is 0 Å². The van der Waals surface area contributed by atoms with E-state index in [2.05, 4.69) is 10.6 Å². The number of hydrogen-bond acceptors (Lipinski definition) is 5. The minimum atomic E-state index is -3.71. The first-order chi connectivity index (χ1) is 11.9. The van der Waals surface area contributed by atoms with Crippen molar-refractivity contribution in [3.63, 3.8) is 0 Å². The van der Waals surface area contributed by atoms with Crippen LogP contribution in [-0.2, 0) is 19.4 Å². The molecule has 25 heavy (non-hydrogen) atoms. The molecule has 1 atom stereocenters. The molecule has 0 radical (unpaired) electrons. The van der Waals surface area contributed by atoms with Gasteiger partial charge in [0.1, 0.15) is 5.25 Å². The number of benzene rings is 1. The first-order valence-electron chi connectivity index (χ1n) is 7.76. The lowest BCUT2D eigenvalue weighted by Crippen LogP contribution is -2.42. The number of rotatable bonds is 6. The first kappa shape index (κ1) is 19.1. The lowest BCUT2D eigenvalue weighted by molar-refractivity contribution is -0.139. The molecule has 2 rings (SSSR count). The summed E-state index contributed by atoms with van der Waals surface area (Å²) in [7, 11) is -3.71. The number of carbonyl (C=O) groups is 2. The molecule has 1 aromatic carbocycles. The predicted molar refractivity (Wildman–Crippen MR) is 97.1 cm³/mol. The molecular weight excluding hydrogens is 360 g/mol. The minimum absolute atomic E-state index is 0.174. The van der Waals surface area contributed by atoms with Gasteiger partial charge in [0.2, 0.25) is 0 Å². The van der Waals surface area contributed by atoms with Crippen LogP contribution in [0.5, 0.6) is 0 Å². The molecule has 1 aromatic heterocycles. The van der Waals surface area contributed by atoms with Crippen LogP contribution in [0.4, 0.5) is 0 Å². The van der Waals surface area contributed by atoms with Crippen LogP contribution in [0.3, 0.4) is 0 Å². The molecule has 0 aliphatic carbocycles. The Morgan fingerprint density at radius 1 is 1.08 bits per heavy atom. The largest absolute Gasteiger partial charge is 0.348 e. The van der Waals surface area contributed by atoms with Crippen molar-refractivity contribution in [2.75, 3.05) is 13.1 Å². The zero-order valence-corrected chi connectivity index (χ0v) is 15.6. The molecule has 0 spiro atoms. The number of thiophene rings is 1. The molecule has 1 heterocycles. The van der Waals surface area contributed by atoms with Crippen molar-refractivity contribution in [1.29, 1.82) is 0 Å². The molecule has 0 aliphatic heterocycles. The third-order valence-corrected chi connectivity index (χ3v) is 6.81. The summed E-state index contributed by atoms with van der Waals surface area (Å²) in [6.07, 6.45) is 0. The summed E-state index contributed by atoms with van der Waals surface area (Å²) in [5.74, 6) is -1.62. The number of amides is 2. The fourth-order valence-corrected chi connectivity index (χ4v) is 5.02. The van der Waals surface area contributed by atoms with Crippen molar-refractivity contribution in [3.8, 4) is 0 Å². The van der Waals surface area contributed by atoms with Crippen molar-refractivity contribution in [2.45, 2.75) is 24.0 Å². The van der Waals surface area contributed by atoms with Crippen LogP contribution >= 0.6 is 11.3 Å². The smallest absolute Gasteiger partial charge is 0.309 e. The minimum Gasteiger partial charge on any atom is -0.348 e. The van der Waals surface area contributed by atoms with E-state index in [1.807, 2.05) is 6.92 Å². The van der Waals surface area contributed by atoms with E-state index in [1.165, 1.54) is 11.3 Å². The number of aryl methyl sites for hydroxylation is 1. The zero-order chi connectivity index (χ0) is 18.4. The molecule has 0 unspecified atom stereocenters. The van der Waals surface area contributed by atoms with Crippen LogP contribution in [0, 0.1) is 6.92 Å². The van der Waals surface area contributed by atoms with E-state index in [0.717, 1.165) is 5.56 Å². The van der Waals surface area contributed by atoms with Gasteiger partial charge in [0, 0.05) is 18.0 Å². The topological polar surface area (TPSA) is 92.3 Å². The van der Waals surface area contributed by atoms with E-state index < -0.39 is 26.9 Å². The van der Waals surface area contributed by atoms with Crippen LogP contribution < -0.4 is 10.6 Å². The average Bonchev–Trinajstić information content (AvgIpc) is 3.09. The Hall–Kier alpha value is -2.19. The number of likely N-dealkylation sites (N-methyl/N-ethyl adjacent to an activating group) is 1. The van der Waals surface area contributed by atoms with Gasteiger partial charge in [-0.15, -0.1) is 11.3 Å². The third kappa shape index (κ3) is 4.67. The molecule has 0 fully saturated rings. The van der Waals surface area contributed by atoms with Crippen LogP contribution in [0.15, 0.2) is 46.7 Å². The number of nitrogens with one attached hydrogen (secondary N) is 2. The molecule has 0 aliphatic rings. The van der Waals surface area contributed by atoms with Crippen LogP contribution in [-0.4, -0.2) is 33.3 Å². The lowest BCUT2D eigenvalue weighted by Gasteiger charge is -2.17. The van der Waals surface area contributed by atoms with E-state index in [0.29, 0.717) is 11.4 Å². The van der Waals surface area contributed by atoms with Crippen molar-refractivity contribution < 1.29 is 18.0 Å². The molecule has 2 N–H and O–H groups in total. The summed E-state index contributed by atoms with van der Waals surface area (Å²) < 4.78 is 26.0. The van der Waals surface area contributed by atoms with Crippen LogP contribution in [0.25, 0.3) is 0 Å². The average molecular weight is 380 g/mol. The predicted octanol–water partition coefficient (Wildman–Crippen LogP) is 1.82. The highest BCUT2D eigenvalue weighted by Gasteiger charge is 2.31. The van der Waals surface area contributed by atoms with Gasteiger partial charge in [0.15, 0.2) is 9.84 Å². The fraction of sp³-hybridized carbons (Fsp3) is 0.294. The van der Waals surface area contributed by atoms with E-state index in [1.54, 1.807) is 48.7 Å². The lowest BCUT2D eigenvalue weighted by atomic mass is 10.2. The van der Waals surface area contributed by atoms with Gasteiger partial charge in [0.05, 0.1) is 4.90 Å². The van der Waals surface area contributed by atoms with Gasteiger partial charge in [-0.3, -0.25) is 9.59 Å². The summed E-state index contributed by atoms with van der Waals surface area (Å²) >= 11 is 1.30. The molecule has 134 valence electrons. The summed E-state index contributed by atoms with van der Waals surface area (Å²) in [5, 5.41) is 5.63. The third-order valence-electron chi connectivity index (χ3n) is 3.58. The number of hydrogen-bond donors (Lipinski definition) is 2. The standard InChI is InChI=1S/C17H20N2O4S2/c1-3-18-16(20)17(21)19-11-15(14-5-4-10-24-14)25(22,23)13-8-6-12(2)7-9-13/h4-10,15H,3,11H2,1-2H3,(H,18,20)(H,19,21)/t15-/m1/s1. The number of carbonyl (C=O) groups excluding carboxylic acids is 2. The fourth-order valence-electron chi connectivity index (χ4n) is 2.24. The maximum atomic E-state index is 13.0. The summed E-state index contributed by atoms with van der Waals surface area (Å²) in [5.41, 5.74) is 0.955. The van der Waals surface area contributed by atoms with Gasteiger partial charge in [-0.2, -0.15) is 0 Å². The van der Waals surface area contributed by atoms with Gasteiger partial charge < -0.3 is 10.6 Å². The zero-order valence-electron chi connectivity index (χ0n) is 14.0. The van der Waals surface area contributed by atoms with Gasteiger partial charge in [-0.05, 0) is 37.4 Å². The van der Waals surface area contributed by atoms with E-state index in [4.69, 9.17) is 0 Å². The second kappa shape index (κ2) is 8.26. The van der Waals surface area contributed by atoms with E-state index in [-0.39, 0.29) is 11.4 Å². The van der Waals surface area contributed by atoms with Crippen molar-refractivity contribution in [3.05, 3.63) is 52.2 Å². The normalized spacial score (nSPS) is 12.4. The Balaban J connectivity index is 2.26. The van der Waals surface area contributed by atoms with Gasteiger partial charge in [-0.25, -0.2) is 8.42 Å². The maximum absolute atomic E-state index is 13.0. The molecule has 8 heteroatoms. The van der Waals surface area contributed by atoms with Crippen LogP contribution in [0.1, 0.15) is 22.6 Å². The maximum Gasteiger partial charge on any atom is 0.309 e. The Morgan fingerprint density at radius 3 is 2.28 bits per heavy atom. The van der Waals surface area contributed by atoms with Crippen molar-refractivity contribution in [2.24, 2.45) is 0 Å². The molecule has 0 saturated heterocycles. The second-order valence-electron chi connectivity index (χ2n) is 5.43. The molecule has 0 bridgehead atoms.